The highest BCUT2D eigenvalue weighted by Crippen LogP contribution is 2.07. The Labute approximate surface area is 109 Å². The van der Waals surface area contributed by atoms with Gasteiger partial charge in [-0.25, -0.2) is 4.79 Å². The lowest BCUT2D eigenvalue weighted by atomic mass is 10.0. The minimum absolute atomic E-state index is 0.00726. The van der Waals surface area contributed by atoms with E-state index in [1.807, 2.05) is 13.8 Å². The lowest BCUT2D eigenvalue weighted by Crippen LogP contribution is -2.44. The third kappa shape index (κ3) is 7.14. The number of carboxylic acids is 1. The zero-order chi connectivity index (χ0) is 14.1. The molecule has 2 amide bonds. The van der Waals surface area contributed by atoms with Crippen molar-refractivity contribution < 1.29 is 14.7 Å². The van der Waals surface area contributed by atoms with E-state index in [1.165, 1.54) is 0 Å². The van der Waals surface area contributed by atoms with Crippen LogP contribution in [-0.4, -0.2) is 29.7 Å². The fourth-order valence-electron chi connectivity index (χ4n) is 1.60. The van der Waals surface area contributed by atoms with E-state index in [-0.39, 0.29) is 24.4 Å². The van der Waals surface area contributed by atoms with Crippen LogP contribution in [0.25, 0.3) is 0 Å². The number of rotatable bonds is 8. The zero-order valence-electron chi connectivity index (χ0n) is 11.8. The quantitative estimate of drug-likeness (QED) is 0.624. The Morgan fingerprint density at radius 3 is 2.22 bits per heavy atom. The molecule has 3 atom stereocenters. The Bertz CT molecular complexity index is 269. The van der Waals surface area contributed by atoms with E-state index in [0.717, 1.165) is 12.8 Å². The molecule has 0 aromatic rings. The molecule has 3 N–H and O–H groups in total. The maximum atomic E-state index is 11.6. The van der Waals surface area contributed by atoms with Crippen LogP contribution in [0.4, 0.5) is 4.79 Å². The predicted octanol–water partition coefficient (Wildman–Crippen LogP) is 2.22. The van der Waals surface area contributed by atoms with Gasteiger partial charge >= 0.3 is 12.0 Å². The van der Waals surface area contributed by atoms with E-state index >= 15 is 0 Å². The van der Waals surface area contributed by atoms with E-state index in [9.17, 15) is 9.59 Å². The molecular formula is C13H26N2O3. The molecule has 0 aliphatic heterocycles. The van der Waals surface area contributed by atoms with Gasteiger partial charge in [0.1, 0.15) is 0 Å². The highest BCUT2D eigenvalue weighted by atomic mass is 16.4. The van der Waals surface area contributed by atoms with Crippen LogP contribution in [0.5, 0.6) is 0 Å². The molecule has 18 heavy (non-hydrogen) atoms. The lowest BCUT2D eigenvalue weighted by Gasteiger charge is -2.21. The summed E-state index contributed by atoms with van der Waals surface area (Å²) in [5.74, 6) is -0.402. The molecule has 0 aliphatic rings. The highest BCUT2D eigenvalue weighted by molar-refractivity contribution is 5.74. The molecule has 106 valence electrons. The van der Waals surface area contributed by atoms with Crippen molar-refractivity contribution in [2.24, 2.45) is 11.8 Å². The number of carboxylic acid groups (broad SMARTS) is 1. The Morgan fingerprint density at radius 2 is 1.78 bits per heavy atom. The van der Waals surface area contributed by atoms with E-state index in [2.05, 4.69) is 24.5 Å². The molecule has 5 heteroatoms. The van der Waals surface area contributed by atoms with Crippen molar-refractivity contribution in [3.63, 3.8) is 0 Å². The standard InChI is InChI=1S/C13H26N2O3/c1-5-9(3)10(4)15-13(18)14-8-11(6-2)7-12(16)17/h9-11H,5-8H2,1-4H3,(H,16,17)(H2,14,15,18). The van der Waals surface area contributed by atoms with Crippen LogP contribution in [-0.2, 0) is 4.79 Å². The number of hydrogen-bond donors (Lipinski definition) is 3. The minimum atomic E-state index is -0.822. The summed E-state index contributed by atoms with van der Waals surface area (Å²) in [4.78, 5) is 22.2. The molecule has 0 heterocycles. The molecule has 3 unspecified atom stereocenters. The molecule has 0 spiro atoms. The van der Waals surface area contributed by atoms with Gasteiger partial charge in [0.05, 0.1) is 0 Å². The van der Waals surface area contributed by atoms with Crippen molar-refractivity contribution in [2.75, 3.05) is 6.54 Å². The van der Waals surface area contributed by atoms with Crippen LogP contribution >= 0.6 is 0 Å². The Morgan fingerprint density at radius 1 is 1.17 bits per heavy atom. The molecule has 0 aliphatic carbocycles. The first-order valence-electron chi connectivity index (χ1n) is 6.66. The van der Waals surface area contributed by atoms with E-state index < -0.39 is 5.97 Å². The monoisotopic (exact) mass is 258 g/mol. The van der Waals surface area contributed by atoms with Gasteiger partial charge in [0, 0.05) is 19.0 Å². The van der Waals surface area contributed by atoms with Crippen molar-refractivity contribution in [1.29, 1.82) is 0 Å². The van der Waals surface area contributed by atoms with Crippen molar-refractivity contribution in [3.05, 3.63) is 0 Å². The molecule has 0 saturated carbocycles. The van der Waals surface area contributed by atoms with Crippen LogP contribution in [0.1, 0.15) is 47.0 Å². The van der Waals surface area contributed by atoms with Crippen molar-refractivity contribution in [3.8, 4) is 0 Å². The third-order valence-electron chi connectivity index (χ3n) is 3.45. The van der Waals surface area contributed by atoms with Crippen molar-refractivity contribution in [2.45, 2.75) is 53.0 Å². The normalized spacial score (nSPS) is 15.6. The number of carbonyl (C=O) groups excluding carboxylic acids is 1. The van der Waals surface area contributed by atoms with Crippen LogP contribution in [0.15, 0.2) is 0 Å². The van der Waals surface area contributed by atoms with E-state index in [0.29, 0.717) is 12.5 Å². The molecular weight excluding hydrogens is 232 g/mol. The fraction of sp³-hybridized carbons (Fsp3) is 0.846. The maximum Gasteiger partial charge on any atom is 0.315 e. The summed E-state index contributed by atoms with van der Waals surface area (Å²) in [5.41, 5.74) is 0. The molecule has 0 aromatic heterocycles. The summed E-state index contributed by atoms with van der Waals surface area (Å²) in [6.07, 6.45) is 1.85. The largest absolute Gasteiger partial charge is 0.481 e. The highest BCUT2D eigenvalue weighted by Gasteiger charge is 2.15. The first-order valence-corrected chi connectivity index (χ1v) is 6.66. The van der Waals surface area contributed by atoms with Gasteiger partial charge in [-0.3, -0.25) is 4.79 Å². The molecule has 5 nitrogen and oxygen atoms in total. The average molecular weight is 258 g/mol. The van der Waals surface area contributed by atoms with Gasteiger partial charge in [0.15, 0.2) is 0 Å². The van der Waals surface area contributed by atoms with Gasteiger partial charge in [-0.1, -0.05) is 33.6 Å². The Kier molecular flexibility index (Phi) is 8.16. The molecule has 0 radical (unpaired) electrons. The van der Waals surface area contributed by atoms with Crippen LogP contribution in [0, 0.1) is 11.8 Å². The smallest absolute Gasteiger partial charge is 0.315 e. The van der Waals surface area contributed by atoms with E-state index in [1.54, 1.807) is 0 Å². The second-order valence-corrected chi connectivity index (χ2v) is 4.90. The van der Waals surface area contributed by atoms with Crippen LogP contribution < -0.4 is 10.6 Å². The van der Waals surface area contributed by atoms with Crippen LogP contribution in [0.3, 0.4) is 0 Å². The van der Waals surface area contributed by atoms with Gasteiger partial charge < -0.3 is 15.7 Å². The molecule has 0 bridgehead atoms. The molecule has 0 rings (SSSR count). The fourth-order valence-corrected chi connectivity index (χ4v) is 1.60. The Hall–Kier alpha value is -1.26. The van der Waals surface area contributed by atoms with Crippen molar-refractivity contribution in [1.82, 2.24) is 10.6 Å². The number of nitrogens with one attached hydrogen (secondary N) is 2. The SMILES string of the molecule is CCC(CNC(=O)NC(C)C(C)CC)CC(=O)O. The van der Waals surface area contributed by atoms with Gasteiger partial charge in [-0.2, -0.15) is 0 Å². The number of amides is 2. The second-order valence-electron chi connectivity index (χ2n) is 4.90. The number of urea groups is 1. The van der Waals surface area contributed by atoms with Crippen molar-refractivity contribution >= 4 is 12.0 Å². The number of aliphatic carboxylic acids is 1. The summed E-state index contributed by atoms with van der Waals surface area (Å²) in [6.45, 7) is 8.48. The lowest BCUT2D eigenvalue weighted by molar-refractivity contribution is -0.138. The zero-order valence-corrected chi connectivity index (χ0v) is 11.8. The molecule has 0 fully saturated rings. The number of carbonyl (C=O) groups is 2. The van der Waals surface area contributed by atoms with E-state index in [4.69, 9.17) is 5.11 Å². The Balaban J connectivity index is 3.97. The summed E-state index contributed by atoms with van der Waals surface area (Å²) in [7, 11) is 0. The molecule has 0 aromatic carbocycles. The van der Waals surface area contributed by atoms with Gasteiger partial charge in [0.2, 0.25) is 0 Å². The summed E-state index contributed by atoms with van der Waals surface area (Å²) in [6, 6.07) is -0.0961. The second kappa shape index (κ2) is 8.78. The van der Waals surface area contributed by atoms with Crippen LogP contribution in [0.2, 0.25) is 0 Å². The van der Waals surface area contributed by atoms with Gasteiger partial charge in [-0.05, 0) is 18.8 Å². The first kappa shape index (κ1) is 16.7. The van der Waals surface area contributed by atoms with Gasteiger partial charge in [0.25, 0.3) is 0 Å². The maximum absolute atomic E-state index is 11.6. The minimum Gasteiger partial charge on any atom is -0.481 e. The van der Waals surface area contributed by atoms with Gasteiger partial charge in [-0.15, -0.1) is 0 Å². The topological polar surface area (TPSA) is 78.4 Å². The number of hydrogen-bond acceptors (Lipinski definition) is 2. The third-order valence-corrected chi connectivity index (χ3v) is 3.45. The average Bonchev–Trinajstić information content (AvgIpc) is 2.32. The summed E-state index contributed by atoms with van der Waals surface area (Å²) in [5, 5.41) is 14.3. The first-order chi connectivity index (χ1) is 8.40. The summed E-state index contributed by atoms with van der Waals surface area (Å²) < 4.78 is 0. The molecule has 0 saturated heterocycles. The predicted molar refractivity (Wildman–Crippen MR) is 71.5 cm³/mol. The summed E-state index contributed by atoms with van der Waals surface area (Å²) >= 11 is 0.